The summed E-state index contributed by atoms with van der Waals surface area (Å²) in [6.07, 6.45) is 1.84. The van der Waals surface area contributed by atoms with Gasteiger partial charge in [-0.2, -0.15) is 0 Å². The lowest BCUT2D eigenvalue weighted by molar-refractivity contribution is 0.867. The van der Waals surface area contributed by atoms with Crippen LogP contribution in [-0.4, -0.2) is 17.0 Å². The Hall–Kier alpha value is -1.77. The quantitative estimate of drug-likeness (QED) is 0.825. The Balaban J connectivity index is 2.27. The number of nitrogens with zero attached hydrogens (tertiary/aromatic N) is 1. The largest absolute Gasteiger partial charge is 0.359 e. The molecule has 0 amide bonds. The molecular weight excluding hydrogens is 198 g/mol. The molecule has 0 spiro atoms. The third-order valence-electron chi connectivity index (χ3n) is 2.70. The van der Waals surface area contributed by atoms with Crippen LogP contribution in [0.15, 0.2) is 30.5 Å². The topological polar surface area (TPSA) is 40.7 Å². The van der Waals surface area contributed by atoms with Crippen LogP contribution in [0.3, 0.4) is 0 Å². The van der Waals surface area contributed by atoms with Crippen LogP contribution in [0.2, 0.25) is 0 Å². The third-order valence-corrected chi connectivity index (χ3v) is 2.70. The molecule has 0 atom stereocenters. The maximum Gasteiger partial charge on any atom is 0.200 e. The summed E-state index contributed by atoms with van der Waals surface area (Å²) in [5, 5.41) is 2.98. The molecule has 3 nitrogen and oxygen atoms in total. The van der Waals surface area contributed by atoms with Crippen molar-refractivity contribution >= 4 is 5.95 Å². The minimum atomic E-state index is 0.573. The maximum atomic E-state index is 4.20. The van der Waals surface area contributed by atoms with Crippen LogP contribution in [0.4, 0.5) is 5.95 Å². The molecule has 2 N–H and O–H groups in total. The Labute approximate surface area is 95.9 Å². The summed E-state index contributed by atoms with van der Waals surface area (Å²) in [5.41, 5.74) is 3.56. The monoisotopic (exact) mass is 215 g/mol. The Morgan fingerprint density at radius 2 is 1.88 bits per heavy atom. The second kappa shape index (κ2) is 4.39. The van der Waals surface area contributed by atoms with Gasteiger partial charge in [-0.25, -0.2) is 4.98 Å². The van der Waals surface area contributed by atoms with Crippen molar-refractivity contribution in [1.82, 2.24) is 9.97 Å². The average Bonchev–Trinajstić information content (AvgIpc) is 2.77. The number of aromatic amines is 1. The van der Waals surface area contributed by atoms with Crippen LogP contribution in [0, 0.1) is 0 Å². The standard InChI is InChI=1S/C13H17N3/c1-9(2)10-4-6-11(7-5-10)12-8-15-13(14-3)16-12/h4-9H,1-3H3,(H2,14,15,16). The highest BCUT2D eigenvalue weighted by atomic mass is 15.1. The lowest BCUT2D eigenvalue weighted by Gasteiger charge is -2.05. The zero-order valence-corrected chi connectivity index (χ0v) is 9.91. The summed E-state index contributed by atoms with van der Waals surface area (Å²) >= 11 is 0. The van der Waals surface area contributed by atoms with Crippen molar-refractivity contribution in [2.45, 2.75) is 19.8 Å². The van der Waals surface area contributed by atoms with Gasteiger partial charge in [0.2, 0.25) is 0 Å². The van der Waals surface area contributed by atoms with Gasteiger partial charge < -0.3 is 10.3 Å². The molecule has 0 radical (unpaired) electrons. The summed E-state index contributed by atoms with van der Waals surface area (Å²) in [6, 6.07) is 8.59. The van der Waals surface area contributed by atoms with Crippen LogP contribution in [-0.2, 0) is 0 Å². The van der Waals surface area contributed by atoms with E-state index >= 15 is 0 Å². The van der Waals surface area contributed by atoms with E-state index in [1.54, 1.807) is 0 Å². The lowest BCUT2D eigenvalue weighted by Crippen LogP contribution is -1.89. The highest BCUT2D eigenvalue weighted by molar-refractivity contribution is 5.60. The average molecular weight is 215 g/mol. The fraction of sp³-hybridized carbons (Fsp3) is 0.308. The van der Waals surface area contributed by atoms with Gasteiger partial charge in [-0.15, -0.1) is 0 Å². The molecule has 0 bridgehead atoms. The second-order valence-electron chi connectivity index (χ2n) is 4.17. The molecule has 0 saturated carbocycles. The molecule has 0 aliphatic carbocycles. The molecule has 84 valence electrons. The van der Waals surface area contributed by atoms with Crippen molar-refractivity contribution in [3.63, 3.8) is 0 Å². The van der Waals surface area contributed by atoms with Crippen LogP contribution >= 0.6 is 0 Å². The van der Waals surface area contributed by atoms with Crippen molar-refractivity contribution in [3.05, 3.63) is 36.0 Å². The summed E-state index contributed by atoms with van der Waals surface area (Å²) < 4.78 is 0. The first-order chi connectivity index (χ1) is 7.70. The molecule has 0 unspecified atom stereocenters. The highest BCUT2D eigenvalue weighted by Gasteiger charge is 2.03. The summed E-state index contributed by atoms with van der Waals surface area (Å²) in [7, 11) is 1.85. The van der Waals surface area contributed by atoms with Gasteiger partial charge in [0.05, 0.1) is 11.9 Å². The van der Waals surface area contributed by atoms with E-state index in [9.17, 15) is 0 Å². The van der Waals surface area contributed by atoms with E-state index in [0.717, 1.165) is 11.6 Å². The van der Waals surface area contributed by atoms with Gasteiger partial charge in [-0.1, -0.05) is 38.1 Å². The summed E-state index contributed by atoms with van der Waals surface area (Å²) in [4.78, 5) is 7.41. The predicted molar refractivity (Wildman–Crippen MR) is 67.7 cm³/mol. The predicted octanol–water partition coefficient (Wildman–Crippen LogP) is 3.24. The molecule has 2 rings (SSSR count). The Kier molecular flexibility index (Phi) is 2.95. The fourth-order valence-electron chi connectivity index (χ4n) is 1.64. The van der Waals surface area contributed by atoms with E-state index in [0.29, 0.717) is 5.92 Å². The van der Waals surface area contributed by atoms with E-state index in [2.05, 4.69) is 53.4 Å². The summed E-state index contributed by atoms with van der Waals surface area (Å²) in [5.74, 6) is 1.37. The first-order valence-electron chi connectivity index (χ1n) is 5.54. The maximum absolute atomic E-state index is 4.20. The van der Waals surface area contributed by atoms with Crippen molar-refractivity contribution in [2.24, 2.45) is 0 Å². The molecule has 0 aliphatic heterocycles. The van der Waals surface area contributed by atoms with Gasteiger partial charge in [-0.3, -0.25) is 0 Å². The molecular formula is C13H17N3. The van der Waals surface area contributed by atoms with Gasteiger partial charge in [-0.05, 0) is 17.0 Å². The van der Waals surface area contributed by atoms with Crippen molar-refractivity contribution in [2.75, 3.05) is 12.4 Å². The van der Waals surface area contributed by atoms with E-state index < -0.39 is 0 Å². The van der Waals surface area contributed by atoms with E-state index in [1.165, 1.54) is 11.1 Å². The van der Waals surface area contributed by atoms with Crippen molar-refractivity contribution in [1.29, 1.82) is 0 Å². The number of aromatic nitrogens is 2. The molecule has 2 aromatic rings. The first-order valence-corrected chi connectivity index (χ1v) is 5.54. The van der Waals surface area contributed by atoms with Gasteiger partial charge in [0.1, 0.15) is 0 Å². The van der Waals surface area contributed by atoms with E-state index in [4.69, 9.17) is 0 Å². The molecule has 0 aliphatic rings. The molecule has 1 aromatic carbocycles. The van der Waals surface area contributed by atoms with Crippen LogP contribution in [0.25, 0.3) is 11.3 Å². The van der Waals surface area contributed by atoms with Gasteiger partial charge in [0.15, 0.2) is 5.95 Å². The molecule has 0 saturated heterocycles. The number of benzene rings is 1. The molecule has 0 fully saturated rings. The van der Waals surface area contributed by atoms with Crippen molar-refractivity contribution in [3.8, 4) is 11.3 Å². The fourth-order valence-corrected chi connectivity index (χ4v) is 1.64. The first kappa shape index (κ1) is 10.7. The van der Waals surface area contributed by atoms with E-state index in [1.807, 2.05) is 13.2 Å². The third kappa shape index (κ3) is 2.08. The number of hydrogen-bond donors (Lipinski definition) is 2. The SMILES string of the molecule is CNc1ncc(-c2ccc(C(C)C)cc2)[nH]1. The minimum absolute atomic E-state index is 0.573. The van der Waals surface area contributed by atoms with Crippen LogP contribution in [0.1, 0.15) is 25.3 Å². The number of anilines is 1. The van der Waals surface area contributed by atoms with Crippen LogP contribution in [0.5, 0.6) is 0 Å². The zero-order valence-electron chi connectivity index (χ0n) is 9.91. The van der Waals surface area contributed by atoms with Gasteiger partial charge in [0, 0.05) is 7.05 Å². The smallest absolute Gasteiger partial charge is 0.200 e. The second-order valence-corrected chi connectivity index (χ2v) is 4.17. The molecule has 1 aromatic heterocycles. The zero-order chi connectivity index (χ0) is 11.5. The lowest BCUT2D eigenvalue weighted by atomic mass is 10.0. The minimum Gasteiger partial charge on any atom is -0.359 e. The summed E-state index contributed by atoms with van der Waals surface area (Å²) in [6.45, 7) is 4.40. The van der Waals surface area contributed by atoms with Crippen LogP contribution < -0.4 is 5.32 Å². The number of hydrogen-bond acceptors (Lipinski definition) is 2. The normalized spacial score (nSPS) is 10.8. The Morgan fingerprint density at radius 1 is 1.19 bits per heavy atom. The number of imidazole rings is 1. The number of rotatable bonds is 3. The molecule has 16 heavy (non-hydrogen) atoms. The number of H-pyrrole nitrogens is 1. The highest BCUT2D eigenvalue weighted by Crippen LogP contribution is 2.21. The Morgan fingerprint density at radius 3 is 2.38 bits per heavy atom. The molecule has 3 heteroatoms. The Bertz CT molecular complexity index is 454. The van der Waals surface area contributed by atoms with Gasteiger partial charge >= 0.3 is 0 Å². The molecule has 1 heterocycles. The number of nitrogens with one attached hydrogen (secondary N) is 2. The van der Waals surface area contributed by atoms with Gasteiger partial charge in [0.25, 0.3) is 0 Å². The van der Waals surface area contributed by atoms with Crippen molar-refractivity contribution < 1.29 is 0 Å². The van der Waals surface area contributed by atoms with E-state index in [-0.39, 0.29) is 0 Å².